The fourth-order valence-corrected chi connectivity index (χ4v) is 2.60. The first-order valence-corrected chi connectivity index (χ1v) is 7.81. The third-order valence-electron chi connectivity index (χ3n) is 3.72. The van der Waals surface area contributed by atoms with Crippen molar-refractivity contribution >= 4 is 11.0 Å². The number of nitrogens with zero attached hydrogens (tertiary/aromatic N) is 2. The zero-order valence-corrected chi connectivity index (χ0v) is 12.4. The number of aryl methyl sites for hydroxylation is 2. The predicted molar refractivity (Wildman–Crippen MR) is 82.5 cm³/mol. The average Bonchev–Trinajstić information content (AvgIpc) is 2.79. The van der Waals surface area contributed by atoms with Gasteiger partial charge >= 0.3 is 0 Å². The minimum Gasteiger partial charge on any atom is -0.328 e. The van der Waals surface area contributed by atoms with Gasteiger partial charge in [0.2, 0.25) is 0 Å². The molecule has 1 aromatic heterocycles. The highest BCUT2D eigenvalue weighted by molar-refractivity contribution is 5.75. The molecule has 1 aromatic carbocycles. The maximum atomic E-state index is 4.81. The Balaban J connectivity index is 2.16. The van der Waals surface area contributed by atoms with Crippen molar-refractivity contribution in [2.45, 2.75) is 65.3 Å². The first-order valence-electron chi connectivity index (χ1n) is 7.81. The summed E-state index contributed by atoms with van der Waals surface area (Å²) in [4.78, 5) is 4.81. The summed E-state index contributed by atoms with van der Waals surface area (Å²) in [5.41, 5.74) is 2.47. The van der Waals surface area contributed by atoms with Crippen molar-refractivity contribution in [3.05, 3.63) is 30.1 Å². The third kappa shape index (κ3) is 3.59. The summed E-state index contributed by atoms with van der Waals surface area (Å²) in [5.74, 6) is 1.28. The molecule has 0 fully saturated rings. The molecule has 0 aliphatic carbocycles. The van der Waals surface area contributed by atoms with Crippen LogP contribution in [0.3, 0.4) is 0 Å². The predicted octanol–water partition coefficient (Wildman–Crippen LogP) is 4.96. The molecule has 0 unspecified atom stereocenters. The van der Waals surface area contributed by atoms with E-state index in [1.165, 1.54) is 49.9 Å². The lowest BCUT2D eigenvalue weighted by molar-refractivity contribution is 0.568. The van der Waals surface area contributed by atoms with E-state index in [1.807, 2.05) is 0 Å². The SMILES string of the molecule is CCCCCCn1c(CCCC)nc2ccccc21. The molecule has 2 heteroatoms. The van der Waals surface area contributed by atoms with Crippen LogP contribution in [0.5, 0.6) is 0 Å². The van der Waals surface area contributed by atoms with Crippen LogP contribution in [0.4, 0.5) is 0 Å². The number of hydrogen-bond donors (Lipinski definition) is 0. The standard InChI is InChI=1S/C17H26N2/c1-3-5-7-10-14-19-16-12-9-8-11-15(16)18-17(19)13-6-4-2/h8-9,11-12H,3-7,10,13-14H2,1-2H3. The highest BCUT2D eigenvalue weighted by Gasteiger charge is 2.09. The van der Waals surface area contributed by atoms with Crippen molar-refractivity contribution in [3.63, 3.8) is 0 Å². The summed E-state index contributed by atoms with van der Waals surface area (Å²) < 4.78 is 2.45. The van der Waals surface area contributed by atoms with Gasteiger partial charge < -0.3 is 4.57 Å². The maximum Gasteiger partial charge on any atom is 0.109 e. The molecule has 1 heterocycles. The Morgan fingerprint density at radius 2 is 1.74 bits per heavy atom. The van der Waals surface area contributed by atoms with E-state index in [-0.39, 0.29) is 0 Å². The van der Waals surface area contributed by atoms with Gasteiger partial charge in [0.1, 0.15) is 5.82 Å². The van der Waals surface area contributed by atoms with Crippen LogP contribution in [0.1, 0.15) is 58.2 Å². The van der Waals surface area contributed by atoms with E-state index in [4.69, 9.17) is 4.98 Å². The van der Waals surface area contributed by atoms with Crippen molar-refractivity contribution in [3.8, 4) is 0 Å². The second kappa shape index (κ2) is 7.32. The van der Waals surface area contributed by atoms with E-state index in [9.17, 15) is 0 Å². The molecule has 0 radical (unpaired) electrons. The lowest BCUT2D eigenvalue weighted by Gasteiger charge is -2.08. The van der Waals surface area contributed by atoms with Gasteiger partial charge in [-0.05, 0) is 25.0 Å². The fourth-order valence-electron chi connectivity index (χ4n) is 2.60. The number of fused-ring (bicyclic) bond motifs is 1. The molecule has 0 aliphatic heterocycles. The number of aromatic nitrogens is 2. The third-order valence-corrected chi connectivity index (χ3v) is 3.72. The summed E-state index contributed by atoms with van der Waals surface area (Å²) in [6.07, 6.45) is 8.82. The molecule has 0 bridgehead atoms. The van der Waals surface area contributed by atoms with Gasteiger partial charge in [-0.15, -0.1) is 0 Å². The zero-order valence-electron chi connectivity index (χ0n) is 12.4. The van der Waals surface area contributed by atoms with Gasteiger partial charge in [0, 0.05) is 13.0 Å². The maximum absolute atomic E-state index is 4.81. The van der Waals surface area contributed by atoms with Gasteiger partial charge in [-0.1, -0.05) is 51.7 Å². The van der Waals surface area contributed by atoms with Crippen LogP contribution in [0.2, 0.25) is 0 Å². The van der Waals surface area contributed by atoms with E-state index >= 15 is 0 Å². The molecular formula is C17H26N2. The lowest BCUT2D eigenvalue weighted by Crippen LogP contribution is -2.04. The first-order chi connectivity index (χ1) is 9.36. The molecule has 0 saturated carbocycles. The van der Waals surface area contributed by atoms with E-state index in [1.54, 1.807) is 0 Å². The van der Waals surface area contributed by atoms with E-state index in [2.05, 4.69) is 42.7 Å². The van der Waals surface area contributed by atoms with E-state index in [0.717, 1.165) is 18.5 Å². The number of benzene rings is 1. The topological polar surface area (TPSA) is 17.8 Å². The smallest absolute Gasteiger partial charge is 0.109 e. The molecule has 104 valence electrons. The Morgan fingerprint density at radius 1 is 0.947 bits per heavy atom. The van der Waals surface area contributed by atoms with Crippen LogP contribution in [-0.2, 0) is 13.0 Å². The van der Waals surface area contributed by atoms with Gasteiger partial charge in [0.05, 0.1) is 11.0 Å². The summed E-state index contributed by atoms with van der Waals surface area (Å²) in [5, 5.41) is 0. The Kier molecular flexibility index (Phi) is 5.44. The monoisotopic (exact) mass is 258 g/mol. The largest absolute Gasteiger partial charge is 0.328 e. The summed E-state index contributed by atoms with van der Waals surface area (Å²) in [6.45, 7) is 5.63. The second-order valence-electron chi connectivity index (χ2n) is 5.33. The van der Waals surface area contributed by atoms with Crippen molar-refractivity contribution < 1.29 is 0 Å². The highest BCUT2D eigenvalue weighted by Crippen LogP contribution is 2.18. The quantitative estimate of drug-likeness (QED) is 0.612. The zero-order chi connectivity index (χ0) is 13.5. The highest BCUT2D eigenvalue weighted by atomic mass is 15.1. The van der Waals surface area contributed by atoms with E-state index in [0.29, 0.717) is 0 Å². The molecule has 19 heavy (non-hydrogen) atoms. The second-order valence-corrected chi connectivity index (χ2v) is 5.33. The Bertz CT molecular complexity index is 499. The van der Waals surface area contributed by atoms with Crippen LogP contribution >= 0.6 is 0 Å². The number of para-hydroxylation sites is 2. The summed E-state index contributed by atoms with van der Waals surface area (Å²) in [7, 11) is 0. The molecule has 0 saturated heterocycles. The minimum absolute atomic E-state index is 1.11. The van der Waals surface area contributed by atoms with Crippen LogP contribution in [0.15, 0.2) is 24.3 Å². The average molecular weight is 258 g/mol. The van der Waals surface area contributed by atoms with Gasteiger partial charge in [-0.25, -0.2) is 4.98 Å². The van der Waals surface area contributed by atoms with Crippen LogP contribution in [-0.4, -0.2) is 9.55 Å². The van der Waals surface area contributed by atoms with Gasteiger partial charge in [-0.3, -0.25) is 0 Å². The lowest BCUT2D eigenvalue weighted by atomic mass is 10.2. The molecule has 2 rings (SSSR count). The Labute approximate surface area is 116 Å². The van der Waals surface area contributed by atoms with Gasteiger partial charge in [-0.2, -0.15) is 0 Å². The van der Waals surface area contributed by atoms with E-state index < -0.39 is 0 Å². The van der Waals surface area contributed by atoms with Crippen LogP contribution < -0.4 is 0 Å². The molecular weight excluding hydrogens is 232 g/mol. The number of rotatable bonds is 8. The molecule has 0 amide bonds. The number of unbranched alkanes of at least 4 members (excludes halogenated alkanes) is 4. The van der Waals surface area contributed by atoms with Crippen molar-refractivity contribution in [1.82, 2.24) is 9.55 Å². The molecule has 2 nitrogen and oxygen atoms in total. The summed E-state index contributed by atoms with van der Waals surface area (Å²) in [6, 6.07) is 8.54. The van der Waals surface area contributed by atoms with Crippen LogP contribution in [0, 0.1) is 0 Å². The Hall–Kier alpha value is -1.31. The van der Waals surface area contributed by atoms with Gasteiger partial charge in [0.15, 0.2) is 0 Å². The Morgan fingerprint density at radius 3 is 2.53 bits per heavy atom. The van der Waals surface area contributed by atoms with Gasteiger partial charge in [0.25, 0.3) is 0 Å². The van der Waals surface area contributed by atoms with Crippen molar-refractivity contribution in [2.75, 3.05) is 0 Å². The van der Waals surface area contributed by atoms with Crippen molar-refractivity contribution in [2.24, 2.45) is 0 Å². The minimum atomic E-state index is 1.11. The molecule has 0 aliphatic rings. The number of hydrogen-bond acceptors (Lipinski definition) is 1. The number of imidazole rings is 1. The molecule has 2 aromatic rings. The summed E-state index contributed by atoms with van der Waals surface area (Å²) >= 11 is 0. The molecule has 0 atom stereocenters. The fraction of sp³-hybridized carbons (Fsp3) is 0.588. The molecule has 0 N–H and O–H groups in total. The first kappa shape index (κ1) is 14.1. The normalized spacial score (nSPS) is 11.3. The van der Waals surface area contributed by atoms with Crippen molar-refractivity contribution in [1.29, 1.82) is 0 Å². The van der Waals surface area contributed by atoms with Crippen LogP contribution in [0.25, 0.3) is 11.0 Å². The molecule has 0 spiro atoms.